The molecule has 0 aromatic carbocycles. The third-order valence-corrected chi connectivity index (χ3v) is 2.20. The van der Waals surface area contributed by atoms with E-state index in [1.54, 1.807) is 0 Å². The third-order valence-electron chi connectivity index (χ3n) is 2.20. The number of azide groups is 1. The van der Waals surface area contributed by atoms with Crippen molar-refractivity contribution in [2.24, 2.45) is 5.11 Å². The number of aromatic nitrogens is 4. The van der Waals surface area contributed by atoms with E-state index in [9.17, 15) is 5.11 Å². The summed E-state index contributed by atoms with van der Waals surface area (Å²) in [6, 6.07) is 0. The summed E-state index contributed by atoms with van der Waals surface area (Å²) in [5, 5.41) is 17.5. The van der Waals surface area contributed by atoms with Gasteiger partial charge in [-0.3, -0.25) is 0 Å². The lowest BCUT2D eigenvalue weighted by molar-refractivity contribution is 0.159. The van der Waals surface area contributed by atoms with Crippen LogP contribution in [0.3, 0.4) is 0 Å². The molecule has 88 valence electrons. The summed E-state index contributed by atoms with van der Waals surface area (Å²) in [5.41, 5.74) is 14.3. The van der Waals surface area contributed by atoms with Crippen LogP contribution in [0.25, 0.3) is 21.5 Å². The molecule has 0 saturated heterocycles. The average molecular weight is 234 g/mol. The molecule has 9 heteroatoms. The Morgan fingerprint density at radius 1 is 1.59 bits per heavy atom. The van der Waals surface area contributed by atoms with Gasteiger partial charge in [0.25, 0.3) is 0 Å². The maximum atomic E-state index is 9.58. The number of aliphatic hydroxyl groups is 1. The number of aliphatic hydroxyl groups excluding tert-OH is 1. The zero-order valence-electron chi connectivity index (χ0n) is 8.80. The van der Waals surface area contributed by atoms with Gasteiger partial charge in [0.05, 0.1) is 30.8 Å². The van der Waals surface area contributed by atoms with Crippen LogP contribution in [0.5, 0.6) is 0 Å². The molecule has 2 rings (SSSR count). The third kappa shape index (κ3) is 2.25. The Bertz CT molecular complexity index is 572. The molecule has 0 fully saturated rings. The monoisotopic (exact) mass is 234 g/mol. The fourth-order valence-corrected chi connectivity index (χ4v) is 1.43. The van der Waals surface area contributed by atoms with Crippen molar-refractivity contribution < 1.29 is 5.11 Å². The molecule has 0 aliphatic rings. The van der Waals surface area contributed by atoms with Crippen LogP contribution in [0.15, 0.2) is 17.6 Å². The second-order valence-electron chi connectivity index (χ2n) is 3.39. The summed E-state index contributed by atoms with van der Waals surface area (Å²) >= 11 is 0. The highest BCUT2D eigenvalue weighted by molar-refractivity contribution is 5.84. The highest BCUT2D eigenvalue weighted by Crippen LogP contribution is 2.15. The van der Waals surface area contributed by atoms with Crippen molar-refractivity contribution in [3.8, 4) is 0 Å². The number of rotatable bonds is 4. The highest BCUT2D eigenvalue weighted by Gasteiger charge is 2.10. The Hall–Kier alpha value is -2.38. The average Bonchev–Trinajstić information content (AvgIpc) is 2.71. The van der Waals surface area contributed by atoms with E-state index in [1.165, 1.54) is 17.2 Å². The van der Waals surface area contributed by atoms with E-state index in [0.29, 0.717) is 16.9 Å². The van der Waals surface area contributed by atoms with Crippen molar-refractivity contribution in [3.63, 3.8) is 0 Å². The summed E-state index contributed by atoms with van der Waals surface area (Å²) in [6.07, 6.45) is 2.05. The van der Waals surface area contributed by atoms with Gasteiger partial charge in [0.15, 0.2) is 5.65 Å². The minimum Gasteiger partial charge on any atom is -0.391 e. The second-order valence-corrected chi connectivity index (χ2v) is 3.39. The van der Waals surface area contributed by atoms with Gasteiger partial charge in [-0.05, 0) is 5.53 Å². The number of nitrogens with two attached hydrogens (primary N) is 1. The van der Waals surface area contributed by atoms with Gasteiger partial charge in [-0.1, -0.05) is 5.11 Å². The van der Waals surface area contributed by atoms with Gasteiger partial charge >= 0.3 is 0 Å². The van der Waals surface area contributed by atoms with E-state index in [2.05, 4.69) is 25.1 Å². The maximum Gasteiger partial charge on any atom is 0.163 e. The van der Waals surface area contributed by atoms with Gasteiger partial charge in [0.1, 0.15) is 12.1 Å². The zero-order valence-corrected chi connectivity index (χ0v) is 8.80. The Labute approximate surface area is 95.5 Å². The molecule has 1 atom stereocenters. The molecule has 17 heavy (non-hydrogen) atoms. The van der Waals surface area contributed by atoms with E-state index in [-0.39, 0.29) is 13.1 Å². The first-order valence-corrected chi connectivity index (χ1v) is 4.83. The van der Waals surface area contributed by atoms with Crippen molar-refractivity contribution in [1.29, 1.82) is 0 Å². The lowest BCUT2D eigenvalue weighted by atomic mass is 10.3. The first-order valence-electron chi connectivity index (χ1n) is 4.83. The van der Waals surface area contributed by atoms with Gasteiger partial charge in [0.2, 0.25) is 0 Å². The van der Waals surface area contributed by atoms with Crippen LogP contribution in [0.1, 0.15) is 0 Å². The van der Waals surface area contributed by atoms with Crippen molar-refractivity contribution in [2.45, 2.75) is 12.6 Å². The highest BCUT2D eigenvalue weighted by atomic mass is 16.3. The van der Waals surface area contributed by atoms with Crippen molar-refractivity contribution in [1.82, 2.24) is 19.7 Å². The van der Waals surface area contributed by atoms with Gasteiger partial charge in [-0.2, -0.15) is 5.10 Å². The number of hydrogen-bond donors (Lipinski definition) is 2. The summed E-state index contributed by atoms with van der Waals surface area (Å²) < 4.78 is 1.49. The van der Waals surface area contributed by atoms with Crippen molar-refractivity contribution >= 4 is 16.9 Å². The molecule has 1 unspecified atom stereocenters. The van der Waals surface area contributed by atoms with Gasteiger partial charge < -0.3 is 10.8 Å². The van der Waals surface area contributed by atoms with Crippen LogP contribution in [-0.4, -0.2) is 37.5 Å². The molecule has 9 nitrogen and oxygen atoms in total. The molecule has 2 aromatic heterocycles. The smallest absolute Gasteiger partial charge is 0.163 e. The zero-order chi connectivity index (χ0) is 12.3. The Kier molecular flexibility index (Phi) is 3.03. The topological polar surface area (TPSA) is 139 Å². The van der Waals surface area contributed by atoms with Crippen molar-refractivity contribution in [3.05, 3.63) is 23.0 Å². The molecule has 0 spiro atoms. The molecule has 0 bridgehead atoms. The normalized spacial score (nSPS) is 12.3. The molecule has 0 aliphatic carbocycles. The lowest BCUT2D eigenvalue weighted by Crippen LogP contribution is -2.19. The number of hydrogen-bond acceptors (Lipinski definition) is 6. The van der Waals surface area contributed by atoms with E-state index in [1.807, 2.05) is 0 Å². The first-order chi connectivity index (χ1) is 8.22. The number of fused-ring (bicyclic) bond motifs is 1. The number of nitrogen functional groups attached to an aromatic ring is 1. The van der Waals surface area contributed by atoms with E-state index < -0.39 is 6.10 Å². The van der Waals surface area contributed by atoms with Crippen molar-refractivity contribution in [2.75, 3.05) is 12.3 Å². The predicted molar refractivity (Wildman–Crippen MR) is 59.8 cm³/mol. The molecule has 2 heterocycles. The van der Waals surface area contributed by atoms with Crippen LogP contribution < -0.4 is 5.73 Å². The van der Waals surface area contributed by atoms with Crippen LogP contribution in [0, 0.1) is 0 Å². The molecule has 2 aromatic rings. The standard InChI is InChI=1S/C8H10N8O/c9-7-6-2-14-16(8(6)12-4-11-7)3-5(17)1-13-15-10/h2,4-5,17H,1,3H2,(H2,9,11,12). The lowest BCUT2D eigenvalue weighted by Gasteiger charge is -2.07. The Morgan fingerprint density at radius 3 is 3.18 bits per heavy atom. The predicted octanol–water partition coefficient (Wildman–Crippen LogP) is 0.0797. The fraction of sp³-hybridized carbons (Fsp3) is 0.375. The molecule has 0 aliphatic heterocycles. The first kappa shape index (κ1) is 11.1. The van der Waals surface area contributed by atoms with Gasteiger partial charge in [-0.15, -0.1) is 0 Å². The van der Waals surface area contributed by atoms with E-state index in [4.69, 9.17) is 11.3 Å². The van der Waals surface area contributed by atoms with Crippen LogP contribution in [0.2, 0.25) is 0 Å². The van der Waals surface area contributed by atoms with Gasteiger partial charge in [0, 0.05) is 4.91 Å². The SMILES string of the molecule is [N-]=[N+]=NCC(O)Cn1ncc2c(N)ncnc21. The molecule has 0 amide bonds. The quantitative estimate of drug-likeness (QED) is 0.438. The molecular weight excluding hydrogens is 224 g/mol. The number of anilines is 1. The molecular formula is C8H10N8O. The summed E-state index contributed by atoms with van der Waals surface area (Å²) in [7, 11) is 0. The largest absolute Gasteiger partial charge is 0.391 e. The minimum atomic E-state index is -0.815. The molecule has 0 radical (unpaired) electrons. The minimum absolute atomic E-state index is 0.0155. The molecule has 0 saturated carbocycles. The van der Waals surface area contributed by atoms with E-state index >= 15 is 0 Å². The van der Waals surface area contributed by atoms with Crippen LogP contribution in [0.4, 0.5) is 5.82 Å². The van der Waals surface area contributed by atoms with Crippen LogP contribution in [-0.2, 0) is 6.54 Å². The molecule has 3 N–H and O–H groups in total. The second kappa shape index (κ2) is 4.64. The fourth-order valence-electron chi connectivity index (χ4n) is 1.43. The Morgan fingerprint density at radius 2 is 2.41 bits per heavy atom. The summed E-state index contributed by atoms with van der Waals surface area (Å²) in [4.78, 5) is 10.4. The summed E-state index contributed by atoms with van der Waals surface area (Å²) in [5.74, 6) is 0.339. The maximum absolute atomic E-state index is 9.58. The van der Waals surface area contributed by atoms with Crippen LogP contribution >= 0.6 is 0 Å². The van der Waals surface area contributed by atoms with E-state index in [0.717, 1.165) is 0 Å². The van der Waals surface area contributed by atoms with Gasteiger partial charge in [-0.25, -0.2) is 14.6 Å². The Balaban J connectivity index is 2.25. The number of nitrogens with zero attached hydrogens (tertiary/aromatic N) is 7. The summed E-state index contributed by atoms with van der Waals surface area (Å²) in [6.45, 7) is 0.164.